The summed E-state index contributed by atoms with van der Waals surface area (Å²) >= 11 is 0. The largest absolute Gasteiger partial charge is 0.468 e. The highest BCUT2D eigenvalue weighted by Crippen LogP contribution is 2.31. The molecule has 0 atom stereocenters. The predicted molar refractivity (Wildman–Crippen MR) is 80.7 cm³/mol. The number of ether oxygens (including phenoxy) is 2. The fraction of sp³-hybridized carbons (Fsp3) is 0.812. The first-order valence-corrected chi connectivity index (χ1v) is 7.60. The van der Waals surface area contributed by atoms with Gasteiger partial charge in [0, 0.05) is 7.11 Å². The number of esters is 1. The van der Waals surface area contributed by atoms with Crippen molar-refractivity contribution in [3.8, 4) is 0 Å². The van der Waals surface area contributed by atoms with E-state index >= 15 is 0 Å². The zero-order valence-electron chi connectivity index (χ0n) is 13.3. The Bertz CT molecular complexity index is 331. The second-order valence-corrected chi connectivity index (χ2v) is 5.63. The van der Waals surface area contributed by atoms with Gasteiger partial charge in [0.15, 0.2) is 0 Å². The second kappa shape index (κ2) is 8.42. The molecule has 0 bridgehead atoms. The minimum absolute atomic E-state index is 0.136. The SMILES string of the molecule is CC/C(C)=C\CCN[C@]1(C(=O)OC)CC[C@H](OC)CC1. The van der Waals surface area contributed by atoms with Crippen LogP contribution in [0.5, 0.6) is 0 Å². The lowest BCUT2D eigenvalue weighted by molar-refractivity contribution is -0.151. The molecule has 0 saturated heterocycles. The highest BCUT2D eigenvalue weighted by atomic mass is 16.5. The zero-order chi connectivity index (χ0) is 15.0. The van der Waals surface area contributed by atoms with Crippen molar-refractivity contribution >= 4 is 5.97 Å². The van der Waals surface area contributed by atoms with Gasteiger partial charge in [-0.25, -0.2) is 0 Å². The summed E-state index contributed by atoms with van der Waals surface area (Å²) in [6.07, 6.45) is 7.92. The Labute approximate surface area is 122 Å². The summed E-state index contributed by atoms with van der Waals surface area (Å²) < 4.78 is 10.4. The number of carbonyl (C=O) groups excluding carboxylic acids is 1. The molecular weight excluding hydrogens is 254 g/mol. The van der Waals surface area contributed by atoms with Crippen molar-refractivity contribution in [1.82, 2.24) is 5.32 Å². The first-order valence-electron chi connectivity index (χ1n) is 7.60. The minimum Gasteiger partial charge on any atom is -0.468 e. The predicted octanol–water partition coefficient (Wildman–Crippen LogP) is 2.82. The number of carbonyl (C=O) groups is 1. The third-order valence-electron chi connectivity index (χ3n) is 4.35. The van der Waals surface area contributed by atoms with E-state index in [4.69, 9.17) is 9.47 Å². The zero-order valence-corrected chi connectivity index (χ0v) is 13.3. The molecule has 4 nitrogen and oxygen atoms in total. The van der Waals surface area contributed by atoms with E-state index in [9.17, 15) is 4.79 Å². The van der Waals surface area contributed by atoms with Gasteiger partial charge >= 0.3 is 5.97 Å². The normalized spacial score (nSPS) is 27.4. The Morgan fingerprint density at radius 3 is 2.50 bits per heavy atom. The van der Waals surface area contributed by atoms with Gasteiger partial charge in [-0.3, -0.25) is 4.79 Å². The second-order valence-electron chi connectivity index (χ2n) is 5.63. The lowest BCUT2D eigenvalue weighted by Gasteiger charge is -2.38. The van der Waals surface area contributed by atoms with Gasteiger partial charge in [-0.1, -0.05) is 18.6 Å². The standard InChI is InChI=1S/C16H29NO3/c1-5-13(2)7-6-12-17-16(15(18)20-4)10-8-14(19-3)9-11-16/h7,14,17H,5-6,8-12H2,1-4H3/b13-7-/t14-,16+. The quantitative estimate of drug-likeness (QED) is 0.443. The van der Waals surface area contributed by atoms with Gasteiger partial charge in [0.25, 0.3) is 0 Å². The molecule has 1 fully saturated rings. The highest BCUT2D eigenvalue weighted by molar-refractivity contribution is 5.80. The van der Waals surface area contributed by atoms with Crippen molar-refractivity contribution in [3.63, 3.8) is 0 Å². The molecule has 1 N–H and O–H groups in total. The summed E-state index contributed by atoms with van der Waals surface area (Å²) in [7, 11) is 3.21. The van der Waals surface area contributed by atoms with Gasteiger partial charge in [0.2, 0.25) is 0 Å². The fourth-order valence-corrected chi connectivity index (χ4v) is 2.74. The third-order valence-corrected chi connectivity index (χ3v) is 4.35. The lowest BCUT2D eigenvalue weighted by Crippen LogP contribution is -2.55. The number of nitrogens with one attached hydrogen (secondary N) is 1. The van der Waals surface area contributed by atoms with Gasteiger partial charge in [-0.15, -0.1) is 0 Å². The highest BCUT2D eigenvalue weighted by Gasteiger charge is 2.42. The molecule has 1 aliphatic carbocycles. The Hall–Kier alpha value is -0.870. The van der Waals surface area contributed by atoms with Crippen LogP contribution in [0, 0.1) is 0 Å². The smallest absolute Gasteiger partial charge is 0.326 e. The average molecular weight is 283 g/mol. The molecule has 0 radical (unpaired) electrons. The van der Waals surface area contributed by atoms with Gasteiger partial charge in [0.1, 0.15) is 5.54 Å². The molecule has 0 unspecified atom stereocenters. The van der Waals surface area contributed by atoms with Crippen LogP contribution in [0.2, 0.25) is 0 Å². The minimum atomic E-state index is -0.516. The summed E-state index contributed by atoms with van der Waals surface area (Å²) in [5, 5.41) is 3.44. The van der Waals surface area contributed by atoms with Crippen molar-refractivity contribution in [1.29, 1.82) is 0 Å². The molecular formula is C16H29NO3. The van der Waals surface area contributed by atoms with E-state index in [0.717, 1.165) is 45.1 Å². The summed E-state index contributed by atoms with van der Waals surface area (Å²) in [6, 6.07) is 0. The van der Waals surface area contributed by atoms with Crippen LogP contribution in [0.25, 0.3) is 0 Å². The van der Waals surface area contributed by atoms with Crippen LogP contribution in [0.15, 0.2) is 11.6 Å². The molecule has 116 valence electrons. The van der Waals surface area contributed by atoms with Crippen LogP contribution in [0.4, 0.5) is 0 Å². The number of hydrogen-bond donors (Lipinski definition) is 1. The van der Waals surface area contributed by atoms with Crippen molar-refractivity contribution in [3.05, 3.63) is 11.6 Å². The molecule has 0 spiro atoms. The first kappa shape index (κ1) is 17.2. The van der Waals surface area contributed by atoms with Crippen LogP contribution in [0.3, 0.4) is 0 Å². The van der Waals surface area contributed by atoms with Gasteiger partial charge < -0.3 is 14.8 Å². The van der Waals surface area contributed by atoms with E-state index < -0.39 is 5.54 Å². The van der Waals surface area contributed by atoms with Gasteiger partial charge in [-0.05, 0) is 52.0 Å². The van der Waals surface area contributed by atoms with Crippen molar-refractivity contribution in [2.24, 2.45) is 0 Å². The van der Waals surface area contributed by atoms with E-state index in [1.165, 1.54) is 12.7 Å². The summed E-state index contributed by atoms with van der Waals surface area (Å²) in [4.78, 5) is 12.1. The van der Waals surface area contributed by atoms with E-state index in [1.807, 2.05) is 0 Å². The van der Waals surface area contributed by atoms with Crippen LogP contribution in [-0.4, -0.2) is 38.4 Å². The maximum atomic E-state index is 12.1. The Morgan fingerprint density at radius 2 is 2.00 bits per heavy atom. The first-order chi connectivity index (χ1) is 9.57. The Balaban J connectivity index is 2.55. The summed E-state index contributed by atoms with van der Waals surface area (Å²) in [5.41, 5.74) is 0.875. The number of hydrogen-bond acceptors (Lipinski definition) is 4. The topological polar surface area (TPSA) is 47.6 Å². The van der Waals surface area contributed by atoms with E-state index in [1.54, 1.807) is 7.11 Å². The number of rotatable bonds is 7. The molecule has 0 aromatic rings. The molecule has 1 aliphatic rings. The van der Waals surface area contributed by atoms with Crippen molar-refractivity contribution in [2.75, 3.05) is 20.8 Å². The lowest BCUT2D eigenvalue weighted by atomic mass is 9.80. The summed E-state index contributed by atoms with van der Waals surface area (Å²) in [6.45, 7) is 5.10. The Kier molecular flexibility index (Phi) is 7.24. The van der Waals surface area contributed by atoms with Crippen LogP contribution in [0.1, 0.15) is 52.4 Å². The van der Waals surface area contributed by atoms with Crippen molar-refractivity contribution in [2.45, 2.75) is 64.0 Å². The molecule has 0 amide bonds. The van der Waals surface area contributed by atoms with E-state index in [-0.39, 0.29) is 12.1 Å². The number of methoxy groups -OCH3 is 2. The maximum Gasteiger partial charge on any atom is 0.326 e. The molecule has 4 heteroatoms. The maximum absolute atomic E-state index is 12.1. The average Bonchev–Trinajstić information content (AvgIpc) is 2.50. The molecule has 0 aliphatic heterocycles. The molecule has 0 aromatic heterocycles. The molecule has 1 rings (SSSR count). The van der Waals surface area contributed by atoms with Crippen LogP contribution < -0.4 is 5.32 Å². The van der Waals surface area contributed by atoms with Crippen molar-refractivity contribution < 1.29 is 14.3 Å². The monoisotopic (exact) mass is 283 g/mol. The van der Waals surface area contributed by atoms with Gasteiger partial charge in [-0.2, -0.15) is 0 Å². The third kappa shape index (κ3) is 4.60. The molecule has 0 heterocycles. The molecule has 1 saturated carbocycles. The summed E-state index contributed by atoms with van der Waals surface area (Å²) in [5.74, 6) is -0.136. The van der Waals surface area contributed by atoms with Crippen LogP contribution in [-0.2, 0) is 14.3 Å². The van der Waals surface area contributed by atoms with Gasteiger partial charge in [0.05, 0.1) is 13.2 Å². The van der Waals surface area contributed by atoms with E-state index in [2.05, 4.69) is 25.2 Å². The fourth-order valence-electron chi connectivity index (χ4n) is 2.74. The van der Waals surface area contributed by atoms with E-state index in [0.29, 0.717) is 0 Å². The molecule has 20 heavy (non-hydrogen) atoms. The number of allylic oxidation sites excluding steroid dienone is 1. The Morgan fingerprint density at radius 1 is 1.35 bits per heavy atom. The van der Waals surface area contributed by atoms with Crippen LogP contribution >= 0.6 is 0 Å². The molecule has 0 aromatic carbocycles.